The molecule has 94 valence electrons. The predicted molar refractivity (Wildman–Crippen MR) is 62.7 cm³/mol. The fourth-order valence-corrected chi connectivity index (χ4v) is 3.10. The van der Waals surface area contributed by atoms with E-state index in [-0.39, 0.29) is 17.4 Å². The molecule has 0 unspecified atom stereocenters. The van der Waals surface area contributed by atoms with Gasteiger partial charge in [-0.3, -0.25) is 4.79 Å². The van der Waals surface area contributed by atoms with E-state index < -0.39 is 15.9 Å². The first kappa shape index (κ1) is 13.4. The second-order valence-electron chi connectivity index (χ2n) is 4.23. The summed E-state index contributed by atoms with van der Waals surface area (Å²) in [6.45, 7) is 2.77. The Morgan fingerprint density at radius 1 is 1.38 bits per heavy atom. The van der Waals surface area contributed by atoms with Crippen molar-refractivity contribution in [3.63, 3.8) is 0 Å². The van der Waals surface area contributed by atoms with Gasteiger partial charge in [-0.25, -0.2) is 8.42 Å². The summed E-state index contributed by atoms with van der Waals surface area (Å²) in [5, 5.41) is 0. The molecule has 1 rings (SSSR count). The lowest BCUT2D eigenvalue weighted by Crippen LogP contribution is -2.44. The Morgan fingerprint density at radius 3 is 2.69 bits per heavy atom. The molecule has 0 saturated carbocycles. The molecule has 0 aliphatic carbocycles. The van der Waals surface area contributed by atoms with Crippen molar-refractivity contribution in [3.8, 4) is 0 Å². The highest BCUT2D eigenvalue weighted by atomic mass is 32.2. The molecule has 1 atom stereocenters. The van der Waals surface area contributed by atoms with Crippen molar-refractivity contribution >= 4 is 15.7 Å². The molecule has 1 saturated heterocycles. The normalized spacial score (nSPS) is 22.5. The first-order chi connectivity index (χ1) is 7.46. The van der Waals surface area contributed by atoms with E-state index in [9.17, 15) is 13.2 Å². The highest BCUT2D eigenvalue weighted by Gasteiger charge is 2.25. The Hall–Kier alpha value is -0.620. The summed E-state index contributed by atoms with van der Waals surface area (Å²) in [6.07, 6.45) is 2.04. The van der Waals surface area contributed by atoms with Crippen molar-refractivity contribution in [1.82, 2.24) is 4.90 Å². The van der Waals surface area contributed by atoms with E-state index in [0.717, 1.165) is 6.42 Å². The Balaban J connectivity index is 2.58. The molecule has 0 radical (unpaired) electrons. The van der Waals surface area contributed by atoms with Crippen molar-refractivity contribution in [2.75, 3.05) is 24.6 Å². The second-order valence-corrected chi connectivity index (χ2v) is 6.53. The summed E-state index contributed by atoms with van der Waals surface area (Å²) in [5.41, 5.74) is 5.74. The lowest BCUT2D eigenvalue weighted by molar-refractivity contribution is -0.132. The van der Waals surface area contributed by atoms with E-state index in [0.29, 0.717) is 25.9 Å². The van der Waals surface area contributed by atoms with Gasteiger partial charge in [0.2, 0.25) is 5.91 Å². The van der Waals surface area contributed by atoms with Crippen molar-refractivity contribution in [2.24, 2.45) is 5.73 Å². The van der Waals surface area contributed by atoms with Gasteiger partial charge in [-0.15, -0.1) is 0 Å². The van der Waals surface area contributed by atoms with E-state index in [1.165, 1.54) is 0 Å². The molecule has 0 aromatic heterocycles. The average molecular weight is 248 g/mol. The molecular weight excluding hydrogens is 228 g/mol. The molecule has 1 fully saturated rings. The molecule has 1 heterocycles. The molecule has 1 aliphatic rings. The van der Waals surface area contributed by atoms with Crippen LogP contribution in [0.2, 0.25) is 0 Å². The number of carbonyl (C=O) groups excluding carboxylic acids is 1. The van der Waals surface area contributed by atoms with Crippen LogP contribution in [0.4, 0.5) is 0 Å². The summed E-state index contributed by atoms with van der Waals surface area (Å²) in [7, 11) is -2.96. The lowest BCUT2D eigenvalue weighted by atomic mass is 10.1. The second kappa shape index (κ2) is 5.63. The van der Waals surface area contributed by atoms with E-state index >= 15 is 0 Å². The van der Waals surface area contributed by atoms with Gasteiger partial charge in [-0.1, -0.05) is 13.3 Å². The molecule has 6 heteroatoms. The van der Waals surface area contributed by atoms with E-state index in [4.69, 9.17) is 5.73 Å². The predicted octanol–water partition coefficient (Wildman–Crippen LogP) is -0.239. The smallest absolute Gasteiger partial charge is 0.239 e. The minimum Gasteiger partial charge on any atom is -0.340 e. The highest BCUT2D eigenvalue weighted by molar-refractivity contribution is 7.91. The van der Waals surface area contributed by atoms with Crippen LogP contribution in [-0.2, 0) is 14.6 Å². The maximum Gasteiger partial charge on any atom is 0.239 e. The molecule has 1 aliphatic heterocycles. The van der Waals surface area contributed by atoms with Crippen LogP contribution in [0.15, 0.2) is 0 Å². The lowest BCUT2D eigenvalue weighted by Gasteiger charge is -2.23. The maximum absolute atomic E-state index is 11.9. The minimum absolute atomic E-state index is 0.0670. The number of hydrogen-bond acceptors (Lipinski definition) is 4. The van der Waals surface area contributed by atoms with Gasteiger partial charge in [0.25, 0.3) is 0 Å². The summed E-state index contributed by atoms with van der Waals surface area (Å²) in [5.74, 6) is 0.135. The Labute approximate surface area is 96.9 Å². The van der Waals surface area contributed by atoms with Gasteiger partial charge < -0.3 is 10.6 Å². The Morgan fingerprint density at radius 2 is 2.06 bits per heavy atom. The van der Waals surface area contributed by atoms with Crippen molar-refractivity contribution in [3.05, 3.63) is 0 Å². The summed E-state index contributed by atoms with van der Waals surface area (Å²) >= 11 is 0. The number of amides is 1. The van der Waals surface area contributed by atoms with Crippen LogP contribution >= 0.6 is 0 Å². The summed E-state index contributed by atoms with van der Waals surface area (Å²) in [6, 6.07) is -0.481. The molecule has 16 heavy (non-hydrogen) atoms. The zero-order chi connectivity index (χ0) is 12.2. The summed E-state index contributed by atoms with van der Waals surface area (Å²) in [4.78, 5) is 13.4. The quantitative estimate of drug-likeness (QED) is 0.747. The van der Waals surface area contributed by atoms with Crippen molar-refractivity contribution < 1.29 is 13.2 Å². The first-order valence-electron chi connectivity index (χ1n) is 5.71. The van der Waals surface area contributed by atoms with Gasteiger partial charge in [0.05, 0.1) is 17.5 Å². The van der Waals surface area contributed by atoms with Crippen LogP contribution in [0.3, 0.4) is 0 Å². The topological polar surface area (TPSA) is 80.5 Å². The Kier molecular flexibility index (Phi) is 4.73. The van der Waals surface area contributed by atoms with E-state index in [1.807, 2.05) is 6.92 Å². The van der Waals surface area contributed by atoms with E-state index in [1.54, 1.807) is 4.90 Å². The van der Waals surface area contributed by atoms with Crippen LogP contribution in [0.1, 0.15) is 26.2 Å². The number of nitrogens with two attached hydrogens (primary N) is 1. The first-order valence-corrected chi connectivity index (χ1v) is 7.53. The SMILES string of the molecule is CCC[C@@H](N)C(=O)N1CCCS(=O)(=O)CC1. The molecule has 1 amide bonds. The third-order valence-corrected chi connectivity index (χ3v) is 4.50. The molecular formula is C10H20N2O3S. The summed E-state index contributed by atoms with van der Waals surface area (Å²) < 4.78 is 22.7. The fraction of sp³-hybridized carbons (Fsp3) is 0.900. The third kappa shape index (κ3) is 3.75. The zero-order valence-corrected chi connectivity index (χ0v) is 10.5. The molecule has 0 aromatic carbocycles. The number of sulfone groups is 1. The average Bonchev–Trinajstić information content (AvgIpc) is 2.39. The standard InChI is InChI=1S/C10H20N2O3S/c1-2-4-9(11)10(13)12-5-3-7-16(14,15)8-6-12/h9H,2-8,11H2,1H3/t9-/m1/s1. The number of hydrogen-bond donors (Lipinski definition) is 1. The maximum atomic E-state index is 11.9. The largest absolute Gasteiger partial charge is 0.340 e. The van der Waals surface area contributed by atoms with Gasteiger partial charge in [-0.2, -0.15) is 0 Å². The Bertz CT molecular complexity index is 340. The van der Waals surface area contributed by atoms with Gasteiger partial charge in [-0.05, 0) is 12.8 Å². The molecule has 0 aromatic rings. The van der Waals surface area contributed by atoms with Crippen LogP contribution in [0.5, 0.6) is 0 Å². The van der Waals surface area contributed by atoms with Crippen molar-refractivity contribution in [1.29, 1.82) is 0 Å². The zero-order valence-electron chi connectivity index (χ0n) is 9.68. The van der Waals surface area contributed by atoms with Crippen LogP contribution in [-0.4, -0.2) is 49.9 Å². The number of rotatable bonds is 3. The van der Waals surface area contributed by atoms with Crippen LogP contribution in [0, 0.1) is 0 Å². The van der Waals surface area contributed by atoms with E-state index in [2.05, 4.69) is 0 Å². The van der Waals surface area contributed by atoms with Gasteiger partial charge in [0.15, 0.2) is 9.84 Å². The number of carbonyl (C=O) groups is 1. The fourth-order valence-electron chi connectivity index (χ4n) is 1.83. The van der Waals surface area contributed by atoms with Crippen LogP contribution in [0.25, 0.3) is 0 Å². The molecule has 0 bridgehead atoms. The van der Waals surface area contributed by atoms with Crippen molar-refractivity contribution in [2.45, 2.75) is 32.2 Å². The highest BCUT2D eigenvalue weighted by Crippen LogP contribution is 2.07. The molecule has 2 N–H and O–H groups in total. The molecule has 0 spiro atoms. The minimum atomic E-state index is -2.96. The third-order valence-electron chi connectivity index (χ3n) is 2.78. The van der Waals surface area contributed by atoms with Gasteiger partial charge in [0, 0.05) is 13.1 Å². The van der Waals surface area contributed by atoms with Gasteiger partial charge >= 0.3 is 0 Å². The monoisotopic (exact) mass is 248 g/mol. The van der Waals surface area contributed by atoms with Crippen LogP contribution < -0.4 is 5.73 Å². The van der Waals surface area contributed by atoms with Gasteiger partial charge in [0.1, 0.15) is 0 Å². The number of nitrogens with zero attached hydrogens (tertiary/aromatic N) is 1. The molecule has 5 nitrogen and oxygen atoms in total.